The number of hydrogen-bond donors (Lipinski definition) is 0. The van der Waals surface area contributed by atoms with Crippen LogP contribution in [0.5, 0.6) is 0 Å². The van der Waals surface area contributed by atoms with Crippen LogP contribution in [0.4, 0.5) is 0 Å². The van der Waals surface area contributed by atoms with Crippen molar-refractivity contribution >= 4 is 39.8 Å². The first-order chi connectivity index (χ1) is 17.8. The molecule has 1 atom stereocenters. The third-order valence-corrected chi connectivity index (χ3v) is 9.50. The van der Waals surface area contributed by atoms with Gasteiger partial charge in [-0.05, 0) is 98.5 Å². The van der Waals surface area contributed by atoms with Crippen molar-refractivity contribution in [2.45, 2.75) is 35.5 Å². The molecule has 0 aromatic heterocycles. The number of hydrogen-bond acceptors (Lipinski definition) is 1. The van der Waals surface area contributed by atoms with Crippen LogP contribution in [-0.4, -0.2) is 0 Å². The van der Waals surface area contributed by atoms with E-state index < -0.39 is 0 Å². The lowest BCUT2D eigenvalue weighted by atomic mass is 9.74. The minimum absolute atomic E-state index is 0.447. The summed E-state index contributed by atoms with van der Waals surface area (Å²) in [4.78, 5) is 2.81. The van der Waals surface area contributed by atoms with Crippen LogP contribution in [0, 0.1) is 5.92 Å². The van der Waals surface area contributed by atoms with E-state index in [1.165, 1.54) is 64.4 Å². The molecular weight excluding hydrogens is 452 g/mol. The molecule has 0 nitrogen and oxygen atoms in total. The standard InChI is InChI=1S/C35H26S/c1-2-9-24-20-30-26-12-5-4-8-22(26)16-18-29(30)34(27(24)13-3-1)25-17-19-32-31(21-25)28-14-6-10-23-11-7-15-33(36-32)35(23)28/h1-5,7-12,15-19,21,24H,6,13-14,20H2. The highest BCUT2D eigenvalue weighted by atomic mass is 32.2. The maximum atomic E-state index is 2.52. The van der Waals surface area contributed by atoms with E-state index in [-0.39, 0.29) is 0 Å². The van der Waals surface area contributed by atoms with Crippen molar-refractivity contribution < 1.29 is 0 Å². The zero-order chi connectivity index (χ0) is 23.6. The van der Waals surface area contributed by atoms with Gasteiger partial charge in [0.25, 0.3) is 0 Å². The van der Waals surface area contributed by atoms with Crippen molar-refractivity contribution in [3.63, 3.8) is 0 Å². The van der Waals surface area contributed by atoms with E-state index >= 15 is 0 Å². The first-order valence-corrected chi connectivity index (χ1v) is 13.9. The molecule has 36 heavy (non-hydrogen) atoms. The summed E-state index contributed by atoms with van der Waals surface area (Å²) >= 11 is 1.94. The molecule has 0 amide bonds. The van der Waals surface area contributed by atoms with Crippen LogP contribution < -0.4 is 10.4 Å². The highest BCUT2D eigenvalue weighted by molar-refractivity contribution is 7.99. The van der Waals surface area contributed by atoms with Gasteiger partial charge in [0.05, 0.1) is 0 Å². The van der Waals surface area contributed by atoms with Gasteiger partial charge in [0, 0.05) is 15.7 Å². The van der Waals surface area contributed by atoms with Crippen LogP contribution in [0.25, 0.3) is 28.0 Å². The summed E-state index contributed by atoms with van der Waals surface area (Å²) in [6, 6.07) is 27.7. The Morgan fingerprint density at radius 1 is 0.806 bits per heavy atom. The average Bonchev–Trinajstić information content (AvgIpc) is 3.17. The molecule has 0 fully saturated rings. The second-order valence-electron chi connectivity index (χ2n) is 10.3. The Labute approximate surface area is 216 Å². The molecule has 172 valence electrons. The van der Waals surface area contributed by atoms with E-state index in [0.717, 1.165) is 25.7 Å². The van der Waals surface area contributed by atoms with Crippen molar-refractivity contribution in [3.8, 4) is 0 Å². The molecule has 0 saturated carbocycles. The molecule has 8 rings (SSSR count). The Balaban J connectivity index is 1.41. The van der Waals surface area contributed by atoms with E-state index in [0.29, 0.717) is 5.92 Å². The van der Waals surface area contributed by atoms with Gasteiger partial charge in [-0.15, -0.1) is 0 Å². The summed E-state index contributed by atoms with van der Waals surface area (Å²) in [6.07, 6.45) is 16.0. The van der Waals surface area contributed by atoms with Gasteiger partial charge in [0.2, 0.25) is 0 Å². The van der Waals surface area contributed by atoms with Gasteiger partial charge in [-0.1, -0.05) is 102 Å². The van der Waals surface area contributed by atoms with Crippen LogP contribution in [-0.2, 0) is 6.42 Å². The summed E-state index contributed by atoms with van der Waals surface area (Å²) < 4.78 is 0. The second-order valence-corrected chi connectivity index (χ2v) is 11.4. The molecule has 0 bridgehead atoms. The molecule has 1 heterocycles. The number of fused-ring (bicyclic) bond motifs is 6. The smallest absolute Gasteiger partial charge is 0.0203 e. The summed E-state index contributed by atoms with van der Waals surface area (Å²) in [6.45, 7) is 0. The molecule has 4 aromatic rings. The predicted molar refractivity (Wildman–Crippen MR) is 153 cm³/mol. The van der Waals surface area contributed by atoms with E-state index in [2.05, 4.69) is 103 Å². The highest BCUT2D eigenvalue weighted by Gasteiger charge is 2.29. The van der Waals surface area contributed by atoms with E-state index in [1.807, 2.05) is 11.8 Å². The molecule has 1 heteroatoms. The fourth-order valence-electron chi connectivity index (χ4n) is 6.76. The average molecular weight is 479 g/mol. The second kappa shape index (κ2) is 7.98. The molecule has 3 aliphatic carbocycles. The maximum Gasteiger partial charge on any atom is 0.0203 e. The van der Waals surface area contributed by atoms with Gasteiger partial charge in [-0.25, -0.2) is 0 Å². The normalized spacial score (nSPS) is 19.2. The van der Waals surface area contributed by atoms with Crippen molar-refractivity contribution in [2.75, 3.05) is 0 Å². The van der Waals surface area contributed by atoms with Gasteiger partial charge in [0.1, 0.15) is 0 Å². The first kappa shape index (κ1) is 20.6. The number of allylic oxidation sites excluding steroid dienone is 5. The summed E-state index contributed by atoms with van der Waals surface area (Å²) in [5.41, 5.74) is 10.3. The van der Waals surface area contributed by atoms with Gasteiger partial charge >= 0.3 is 0 Å². The lowest BCUT2D eigenvalue weighted by molar-refractivity contribution is 0.730. The fraction of sp³-hybridized carbons (Fsp3) is 0.143. The number of benzene rings is 4. The molecular formula is C35H26S. The van der Waals surface area contributed by atoms with Crippen LogP contribution in [0.2, 0.25) is 0 Å². The predicted octanol–water partition coefficient (Wildman–Crippen LogP) is 7.57. The zero-order valence-electron chi connectivity index (χ0n) is 20.1. The maximum absolute atomic E-state index is 2.52. The Bertz CT molecular complexity index is 1810. The molecule has 1 aliphatic heterocycles. The van der Waals surface area contributed by atoms with Gasteiger partial charge in [-0.2, -0.15) is 0 Å². The summed E-state index contributed by atoms with van der Waals surface area (Å²) in [7, 11) is 0. The minimum Gasteiger partial charge on any atom is -0.0888 e. The topological polar surface area (TPSA) is 0 Å². The van der Waals surface area contributed by atoms with Crippen LogP contribution in [0.3, 0.4) is 0 Å². The van der Waals surface area contributed by atoms with Gasteiger partial charge in [0.15, 0.2) is 0 Å². The lowest BCUT2D eigenvalue weighted by Gasteiger charge is -2.31. The molecule has 4 aromatic carbocycles. The highest BCUT2D eigenvalue weighted by Crippen LogP contribution is 2.46. The largest absolute Gasteiger partial charge is 0.0888 e. The molecule has 4 aliphatic rings. The van der Waals surface area contributed by atoms with Crippen LogP contribution >= 0.6 is 11.8 Å². The summed E-state index contributed by atoms with van der Waals surface area (Å²) in [5.74, 6) is 0.447. The molecule has 0 spiro atoms. The van der Waals surface area contributed by atoms with E-state index in [4.69, 9.17) is 0 Å². The molecule has 1 unspecified atom stereocenters. The third kappa shape index (κ3) is 3.02. The molecule has 0 radical (unpaired) electrons. The Kier molecular flexibility index (Phi) is 4.57. The van der Waals surface area contributed by atoms with Crippen molar-refractivity contribution in [1.82, 2.24) is 0 Å². The van der Waals surface area contributed by atoms with Crippen LogP contribution in [0.15, 0.2) is 112 Å². The minimum atomic E-state index is 0.447. The Morgan fingerprint density at radius 2 is 1.78 bits per heavy atom. The number of rotatable bonds is 1. The van der Waals surface area contributed by atoms with E-state index in [9.17, 15) is 0 Å². The van der Waals surface area contributed by atoms with Crippen molar-refractivity contribution in [1.29, 1.82) is 0 Å². The monoisotopic (exact) mass is 478 g/mol. The quantitative estimate of drug-likeness (QED) is 0.272. The van der Waals surface area contributed by atoms with Crippen molar-refractivity contribution in [2.24, 2.45) is 5.92 Å². The fourth-order valence-corrected chi connectivity index (χ4v) is 7.92. The van der Waals surface area contributed by atoms with Crippen molar-refractivity contribution in [3.05, 3.63) is 135 Å². The Hall–Kier alpha value is -3.55. The third-order valence-electron chi connectivity index (χ3n) is 8.36. The van der Waals surface area contributed by atoms with Gasteiger partial charge in [-0.3, -0.25) is 0 Å². The van der Waals surface area contributed by atoms with Gasteiger partial charge < -0.3 is 0 Å². The summed E-state index contributed by atoms with van der Waals surface area (Å²) in [5, 5.41) is 5.63. The molecule has 0 saturated heterocycles. The first-order valence-electron chi connectivity index (χ1n) is 13.1. The van der Waals surface area contributed by atoms with Crippen LogP contribution in [0.1, 0.15) is 41.5 Å². The zero-order valence-corrected chi connectivity index (χ0v) is 20.9. The SMILES string of the molecule is C1=CCC2=C(c3ccc4c(c3)C3=c5c(cccc5=CCC3)S4)c3ccc4ccccc4c3CC2C=C1. The lowest BCUT2D eigenvalue weighted by Crippen LogP contribution is -2.33. The Morgan fingerprint density at radius 3 is 2.78 bits per heavy atom. The van der Waals surface area contributed by atoms with E-state index in [1.54, 1.807) is 5.57 Å². The molecule has 0 N–H and O–H groups in total.